The van der Waals surface area contributed by atoms with E-state index in [-0.39, 0.29) is 0 Å². The van der Waals surface area contributed by atoms with Crippen molar-refractivity contribution in [1.29, 1.82) is 0 Å². The smallest absolute Gasteiger partial charge is 0.000449 e. The largest absolute Gasteiger partial charge is 0.303 e. The lowest BCUT2D eigenvalue weighted by molar-refractivity contribution is 0.215. The first kappa shape index (κ1) is 29.0. The zero-order chi connectivity index (χ0) is 21.6. The topological polar surface area (TPSA) is 3.24 Å². The average molecular weight is 410 g/mol. The van der Waals surface area contributed by atoms with Crippen molar-refractivity contribution in [2.75, 3.05) is 19.6 Å². The van der Waals surface area contributed by atoms with Gasteiger partial charge in [-0.2, -0.15) is 0 Å². The highest BCUT2D eigenvalue weighted by Gasteiger charge is 2.08. The van der Waals surface area contributed by atoms with Crippen molar-refractivity contribution in [3.63, 3.8) is 0 Å². The van der Waals surface area contributed by atoms with Crippen molar-refractivity contribution < 1.29 is 0 Å². The molecule has 0 amide bonds. The Morgan fingerprint density at radius 3 is 0.966 bits per heavy atom. The lowest BCUT2D eigenvalue weighted by Gasteiger charge is -2.26. The third-order valence-corrected chi connectivity index (χ3v) is 6.07. The molecule has 0 aliphatic rings. The Labute approximate surface area is 186 Å². The van der Waals surface area contributed by atoms with E-state index in [1.165, 1.54) is 135 Å². The van der Waals surface area contributed by atoms with Gasteiger partial charge in [0.25, 0.3) is 0 Å². The van der Waals surface area contributed by atoms with E-state index in [0.29, 0.717) is 0 Å². The zero-order valence-electron chi connectivity index (χ0n) is 21.5. The zero-order valence-corrected chi connectivity index (χ0v) is 21.5. The van der Waals surface area contributed by atoms with Crippen molar-refractivity contribution in [2.45, 2.75) is 150 Å². The summed E-state index contributed by atoms with van der Waals surface area (Å²) in [7, 11) is 0. The van der Waals surface area contributed by atoms with Crippen LogP contribution in [0.15, 0.2) is 0 Å². The Morgan fingerprint density at radius 1 is 0.414 bits per heavy atom. The second-order valence-electron chi connectivity index (χ2n) is 10.6. The average Bonchev–Trinajstić information content (AvgIpc) is 2.66. The van der Waals surface area contributed by atoms with Crippen LogP contribution in [0, 0.1) is 11.8 Å². The lowest BCUT2D eigenvalue weighted by atomic mass is 10.0. The maximum absolute atomic E-state index is 2.70. The lowest BCUT2D eigenvalue weighted by Crippen LogP contribution is -2.32. The van der Waals surface area contributed by atoms with Gasteiger partial charge >= 0.3 is 0 Å². The van der Waals surface area contributed by atoms with Crippen LogP contribution in [-0.2, 0) is 0 Å². The molecular weight excluding hydrogens is 350 g/mol. The summed E-state index contributed by atoms with van der Waals surface area (Å²) in [5.74, 6) is 1.59. The van der Waals surface area contributed by atoms with Crippen molar-refractivity contribution >= 4 is 0 Å². The molecule has 176 valence electrons. The standard InChI is InChI=1S/C28H59N/c1-6-7-8-9-10-11-12-13-14-15-16-17-18-19-20-21-22-23-24-29(25-27(2)3)26-28(4)5/h27-28H,6-26H2,1-5H3. The molecule has 0 rings (SSSR count). The number of rotatable bonds is 23. The van der Waals surface area contributed by atoms with E-state index in [1.54, 1.807) is 0 Å². The Hall–Kier alpha value is -0.0400. The second-order valence-corrected chi connectivity index (χ2v) is 10.6. The molecule has 0 N–H and O–H groups in total. The summed E-state index contributed by atoms with van der Waals surface area (Å²) in [6, 6.07) is 0. The first-order valence-corrected chi connectivity index (χ1v) is 13.8. The molecule has 1 nitrogen and oxygen atoms in total. The fourth-order valence-corrected chi connectivity index (χ4v) is 4.53. The van der Waals surface area contributed by atoms with Crippen LogP contribution >= 0.6 is 0 Å². The maximum atomic E-state index is 2.70. The monoisotopic (exact) mass is 409 g/mol. The fourth-order valence-electron chi connectivity index (χ4n) is 4.53. The number of unbranched alkanes of at least 4 members (excludes halogenated alkanes) is 17. The maximum Gasteiger partial charge on any atom is 0.000449 e. The van der Waals surface area contributed by atoms with Crippen LogP contribution in [0.3, 0.4) is 0 Å². The molecule has 0 bridgehead atoms. The van der Waals surface area contributed by atoms with Gasteiger partial charge in [-0.3, -0.25) is 0 Å². The molecule has 0 unspecified atom stereocenters. The van der Waals surface area contributed by atoms with Crippen LogP contribution in [0.5, 0.6) is 0 Å². The molecular formula is C28H59N. The van der Waals surface area contributed by atoms with E-state index >= 15 is 0 Å². The van der Waals surface area contributed by atoms with Crippen molar-refractivity contribution in [1.82, 2.24) is 4.90 Å². The van der Waals surface area contributed by atoms with Gasteiger partial charge in [0.2, 0.25) is 0 Å². The van der Waals surface area contributed by atoms with Gasteiger partial charge in [-0.05, 0) is 24.8 Å². The van der Waals surface area contributed by atoms with E-state index in [0.717, 1.165) is 11.8 Å². The predicted octanol–water partition coefficient (Wildman–Crippen LogP) is 9.64. The Bertz CT molecular complexity index is 287. The Kier molecular flexibility index (Phi) is 22.6. The highest BCUT2D eigenvalue weighted by atomic mass is 15.1. The second kappa shape index (κ2) is 22.6. The molecule has 0 aromatic rings. The van der Waals surface area contributed by atoms with Crippen LogP contribution < -0.4 is 0 Å². The summed E-state index contributed by atoms with van der Waals surface area (Å²) in [6.07, 6.45) is 26.3. The minimum atomic E-state index is 0.796. The SMILES string of the molecule is CCCCCCCCCCCCCCCCCCCCN(CC(C)C)CC(C)C. The van der Waals surface area contributed by atoms with E-state index in [2.05, 4.69) is 39.5 Å². The van der Waals surface area contributed by atoms with Gasteiger partial charge in [0, 0.05) is 13.1 Å². The van der Waals surface area contributed by atoms with Crippen molar-refractivity contribution in [3.05, 3.63) is 0 Å². The molecule has 0 atom stereocenters. The first-order valence-electron chi connectivity index (χ1n) is 13.8. The molecule has 0 saturated heterocycles. The third-order valence-electron chi connectivity index (χ3n) is 6.07. The van der Waals surface area contributed by atoms with Crippen molar-refractivity contribution in [2.24, 2.45) is 11.8 Å². The van der Waals surface area contributed by atoms with Gasteiger partial charge in [-0.25, -0.2) is 0 Å². The van der Waals surface area contributed by atoms with Crippen molar-refractivity contribution in [3.8, 4) is 0 Å². The third kappa shape index (κ3) is 24.1. The molecule has 0 aliphatic heterocycles. The number of nitrogens with zero attached hydrogens (tertiary/aromatic N) is 1. The van der Waals surface area contributed by atoms with Gasteiger partial charge in [0.05, 0.1) is 0 Å². The molecule has 29 heavy (non-hydrogen) atoms. The number of hydrogen-bond acceptors (Lipinski definition) is 1. The summed E-state index contributed by atoms with van der Waals surface area (Å²) in [5, 5.41) is 0. The van der Waals surface area contributed by atoms with Gasteiger partial charge in [0.1, 0.15) is 0 Å². The first-order chi connectivity index (χ1) is 14.1. The van der Waals surface area contributed by atoms with Gasteiger partial charge in [-0.1, -0.05) is 144 Å². The molecule has 0 spiro atoms. The van der Waals surface area contributed by atoms with E-state index in [1.807, 2.05) is 0 Å². The molecule has 0 aromatic heterocycles. The highest BCUT2D eigenvalue weighted by molar-refractivity contribution is 4.63. The van der Waals surface area contributed by atoms with E-state index in [9.17, 15) is 0 Å². The molecule has 1 heteroatoms. The normalized spacial score (nSPS) is 12.0. The van der Waals surface area contributed by atoms with Crippen LogP contribution in [-0.4, -0.2) is 24.5 Å². The molecule has 0 radical (unpaired) electrons. The molecule has 0 aromatic carbocycles. The summed E-state index contributed by atoms with van der Waals surface area (Å²) in [4.78, 5) is 2.70. The number of hydrogen-bond donors (Lipinski definition) is 0. The summed E-state index contributed by atoms with van der Waals surface area (Å²) in [5.41, 5.74) is 0. The van der Waals surface area contributed by atoms with Crippen LogP contribution in [0.1, 0.15) is 150 Å². The van der Waals surface area contributed by atoms with Gasteiger partial charge < -0.3 is 4.90 Å². The minimum Gasteiger partial charge on any atom is -0.303 e. The van der Waals surface area contributed by atoms with Gasteiger partial charge in [-0.15, -0.1) is 0 Å². The summed E-state index contributed by atoms with van der Waals surface area (Å²) in [6.45, 7) is 15.6. The van der Waals surface area contributed by atoms with Gasteiger partial charge in [0.15, 0.2) is 0 Å². The minimum absolute atomic E-state index is 0.796. The predicted molar refractivity (Wildman–Crippen MR) is 135 cm³/mol. The van der Waals surface area contributed by atoms with E-state index < -0.39 is 0 Å². The molecule has 0 aliphatic carbocycles. The summed E-state index contributed by atoms with van der Waals surface area (Å²) >= 11 is 0. The van der Waals surface area contributed by atoms with E-state index in [4.69, 9.17) is 0 Å². The summed E-state index contributed by atoms with van der Waals surface area (Å²) < 4.78 is 0. The van der Waals surface area contributed by atoms with Crippen LogP contribution in [0.4, 0.5) is 0 Å². The molecule has 0 fully saturated rings. The molecule has 0 heterocycles. The highest BCUT2D eigenvalue weighted by Crippen LogP contribution is 2.14. The Morgan fingerprint density at radius 2 is 0.690 bits per heavy atom. The quantitative estimate of drug-likeness (QED) is 0.152. The Balaban J connectivity index is 3.26. The fraction of sp³-hybridized carbons (Fsp3) is 1.00. The molecule has 0 saturated carbocycles. The van der Waals surface area contributed by atoms with Crippen LogP contribution in [0.25, 0.3) is 0 Å². The van der Waals surface area contributed by atoms with Crippen LogP contribution in [0.2, 0.25) is 0 Å².